The van der Waals surface area contributed by atoms with Crippen LogP contribution in [0.25, 0.3) is 0 Å². The predicted molar refractivity (Wildman–Crippen MR) is 130 cm³/mol. The van der Waals surface area contributed by atoms with Gasteiger partial charge in [-0.15, -0.1) is 0 Å². The molecule has 0 bridgehead atoms. The Labute approximate surface area is 207 Å². The zero-order valence-corrected chi connectivity index (χ0v) is 19.9. The summed E-state index contributed by atoms with van der Waals surface area (Å²) >= 11 is 12.4. The number of nitrogens with one attached hydrogen (secondary N) is 1. The smallest absolute Gasteiger partial charge is 0.330 e. The number of hydrogen-bond acceptors (Lipinski definition) is 4. The molecule has 1 aliphatic carbocycles. The number of carboxylic acid groups (broad SMARTS) is 1. The molecule has 8 heteroatoms. The number of carbonyl (C=O) groups is 2. The van der Waals surface area contributed by atoms with Gasteiger partial charge in [-0.2, -0.15) is 0 Å². The van der Waals surface area contributed by atoms with Gasteiger partial charge in [-0.05, 0) is 34.9 Å². The first-order valence-corrected chi connectivity index (χ1v) is 11.4. The van der Waals surface area contributed by atoms with Crippen molar-refractivity contribution in [3.05, 3.63) is 93.0 Å². The molecule has 3 aromatic carbocycles. The molecule has 0 atom stereocenters. The van der Waals surface area contributed by atoms with Crippen molar-refractivity contribution >= 4 is 35.1 Å². The van der Waals surface area contributed by atoms with Gasteiger partial charge in [-0.3, -0.25) is 4.79 Å². The van der Waals surface area contributed by atoms with E-state index in [4.69, 9.17) is 32.7 Å². The fourth-order valence-corrected chi connectivity index (χ4v) is 4.60. The predicted octanol–water partition coefficient (Wildman–Crippen LogP) is 4.98. The van der Waals surface area contributed by atoms with Crippen LogP contribution in [0.4, 0.5) is 0 Å². The van der Waals surface area contributed by atoms with Crippen LogP contribution in [0.1, 0.15) is 27.0 Å². The Bertz CT molecular complexity index is 1220. The number of aliphatic carboxylic acids is 1. The number of halogens is 2. The second-order valence-corrected chi connectivity index (χ2v) is 9.02. The molecule has 0 fully saturated rings. The van der Waals surface area contributed by atoms with Crippen LogP contribution in [0.3, 0.4) is 0 Å². The number of methoxy groups -OCH3 is 1. The van der Waals surface area contributed by atoms with E-state index in [0.717, 1.165) is 16.7 Å². The van der Waals surface area contributed by atoms with E-state index < -0.39 is 17.4 Å². The summed E-state index contributed by atoms with van der Waals surface area (Å²) in [5.74, 6) is -0.991. The van der Waals surface area contributed by atoms with E-state index in [0.29, 0.717) is 29.5 Å². The van der Waals surface area contributed by atoms with Crippen molar-refractivity contribution in [2.75, 3.05) is 13.7 Å². The third-order valence-corrected chi connectivity index (χ3v) is 6.45. The van der Waals surface area contributed by atoms with Crippen molar-refractivity contribution in [2.24, 2.45) is 0 Å². The highest BCUT2D eigenvalue weighted by molar-refractivity contribution is 6.34. The van der Waals surface area contributed by atoms with E-state index in [1.807, 2.05) is 42.5 Å². The number of rotatable bonds is 8. The third-order valence-electron chi connectivity index (χ3n) is 5.90. The highest BCUT2D eigenvalue weighted by Gasteiger charge is 2.45. The highest BCUT2D eigenvalue weighted by atomic mass is 35.5. The molecule has 176 valence electrons. The van der Waals surface area contributed by atoms with Gasteiger partial charge in [0.05, 0.1) is 24.3 Å². The quantitative estimate of drug-likeness (QED) is 0.456. The van der Waals surface area contributed by atoms with E-state index in [2.05, 4.69) is 5.32 Å². The van der Waals surface area contributed by atoms with Crippen molar-refractivity contribution < 1.29 is 24.2 Å². The number of fused-ring (bicyclic) bond motifs is 1. The molecule has 34 heavy (non-hydrogen) atoms. The maximum Gasteiger partial charge on any atom is 0.330 e. The van der Waals surface area contributed by atoms with E-state index in [-0.39, 0.29) is 23.4 Å². The second kappa shape index (κ2) is 9.95. The van der Waals surface area contributed by atoms with Crippen LogP contribution < -0.4 is 14.8 Å². The fourth-order valence-electron chi connectivity index (χ4n) is 4.15. The number of carboxylic acids is 1. The Morgan fingerprint density at radius 2 is 1.71 bits per heavy atom. The number of hydrogen-bond donors (Lipinski definition) is 2. The van der Waals surface area contributed by atoms with Crippen LogP contribution in [-0.4, -0.2) is 36.2 Å². The molecule has 3 aromatic rings. The molecule has 6 nitrogen and oxygen atoms in total. The van der Waals surface area contributed by atoms with Crippen molar-refractivity contribution in [1.29, 1.82) is 0 Å². The summed E-state index contributed by atoms with van der Waals surface area (Å²) in [4.78, 5) is 25.4. The first-order chi connectivity index (χ1) is 16.3. The van der Waals surface area contributed by atoms with Gasteiger partial charge in [0.1, 0.15) is 5.54 Å². The minimum atomic E-state index is -1.45. The van der Waals surface area contributed by atoms with Crippen LogP contribution in [-0.2, 0) is 24.1 Å². The molecule has 0 aliphatic heterocycles. The van der Waals surface area contributed by atoms with Gasteiger partial charge in [0.15, 0.2) is 11.5 Å². The summed E-state index contributed by atoms with van der Waals surface area (Å²) in [5, 5.41) is 13.5. The first kappa shape index (κ1) is 23.9. The lowest BCUT2D eigenvalue weighted by Gasteiger charge is -2.26. The molecule has 0 unspecified atom stereocenters. The summed E-state index contributed by atoms with van der Waals surface area (Å²) in [6.07, 6.45) is 0.982. The van der Waals surface area contributed by atoms with Gasteiger partial charge >= 0.3 is 5.97 Å². The lowest BCUT2D eigenvalue weighted by molar-refractivity contribution is -0.144. The second-order valence-electron chi connectivity index (χ2n) is 8.17. The molecule has 0 spiro atoms. The maximum atomic E-state index is 13.2. The topological polar surface area (TPSA) is 84.9 Å². The number of carbonyl (C=O) groups excluding carboxylic acids is 1. The highest BCUT2D eigenvalue weighted by Crippen LogP contribution is 2.35. The van der Waals surface area contributed by atoms with Crippen LogP contribution in [0, 0.1) is 0 Å². The monoisotopic (exact) mass is 499 g/mol. The lowest BCUT2D eigenvalue weighted by Crippen LogP contribution is -2.55. The molecule has 0 saturated heterocycles. The van der Waals surface area contributed by atoms with Gasteiger partial charge in [0, 0.05) is 30.4 Å². The molecule has 4 rings (SSSR count). The van der Waals surface area contributed by atoms with Gasteiger partial charge in [0.2, 0.25) is 0 Å². The average Bonchev–Trinajstić information content (AvgIpc) is 3.19. The van der Waals surface area contributed by atoms with Crippen LogP contribution in [0.2, 0.25) is 10.0 Å². The average molecular weight is 500 g/mol. The maximum absolute atomic E-state index is 13.2. The summed E-state index contributed by atoms with van der Waals surface area (Å²) in [6.45, 7) is 0.313. The normalized spacial score (nSPS) is 13.7. The minimum Gasteiger partial charge on any atom is -0.493 e. The standard InChI is InChI=1S/C26H23Cl2NO5/c1-33-22-13-21(28)20(12-23(22)34-10-9-16-5-4-8-19(27)11-16)24(30)29-26(25(31)32)14-17-6-2-3-7-18(17)15-26/h2-8,11-13H,9-10,14-15H2,1H3,(H,29,30)(H,31,32). The molecule has 0 saturated carbocycles. The van der Waals surface area contributed by atoms with Crippen molar-refractivity contribution in [2.45, 2.75) is 24.8 Å². The minimum absolute atomic E-state index is 0.108. The zero-order valence-electron chi connectivity index (χ0n) is 18.4. The Hall–Kier alpha value is -3.22. The number of ether oxygens (including phenoxy) is 2. The molecule has 0 radical (unpaired) electrons. The van der Waals surface area contributed by atoms with Gasteiger partial charge in [-0.25, -0.2) is 4.79 Å². The van der Waals surface area contributed by atoms with Crippen LogP contribution >= 0.6 is 23.2 Å². The Kier molecular flexibility index (Phi) is 7.00. The molecular formula is C26H23Cl2NO5. The zero-order chi connectivity index (χ0) is 24.3. The fraction of sp³-hybridized carbons (Fsp3) is 0.231. The summed E-state index contributed by atoms with van der Waals surface area (Å²) in [5.41, 5.74) is 1.46. The van der Waals surface area contributed by atoms with E-state index >= 15 is 0 Å². The molecule has 1 amide bonds. The molecule has 1 aliphatic rings. The van der Waals surface area contributed by atoms with Crippen molar-refractivity contribution in [3.8, 4) is 11.5 Å². The molecule has 0 heterocycles. The lowest BCUT2D eigenvalue weighted by atomic mass is 9.95. The Morgan fingerprint density at radius 1 is 1.00 bits per heavy atom. The first-order valence-electron chi connectivity index (χ1n) is 10.7. The van der Waals surface area contributed by atoms with Gasteiger partial charge in [0.25, 0.3) is 5.91 Å². The summed E-state index contributed by atoms with van der Waals surface area (Å²) in [7, 11) is 1.48. The molecular weight excluding hydrogens is 477 g/mol. The van der Waals surface area contributed by atoms with Crippen molar-refractivity contribution in [3.63, 3.8) is 0 Å². The summed E-state index contributed by atoms with van der Waals surface area (Å²) in [6, 6.07) is 17.9. The molecule has 2 N–H and O–H groups in total. The van der Waals surface area contributed by atoms with E-state index in [1.54, 1.807) is 6.07 Å². The van der Waals surface area contributed by atoms with Crippen LogP contribution in [0.5, 0.6) is 11.5 Å². The SMILES string of the molecule is COc1cc(Cl)c(C(=O)NC2(C(=O)O)Cc3ccccc3C2)cc1OCCc1cccc(Cl)c1. The number of amides is 1. The third kappa shape index (κ3) is 4.98. The Balaban J connectivity index is 1.53. The van der Waals surface area contributed by atoms with Crippen LogP contribution in [0.15, 0.2) is 60.7 Å². The van der Waals surface area contributed by atoms with Crippen molar-refractivity contribution in [1.82, 2.24) is 5.32 Å². The van der Waals surface area contributed by atoms with E-state index in [1.165, 1.54) is 19.2 Å². The summed E-state index contributed by atoms with van der Waals surface area (Å²) < 4.78 is 11.2. The molecule has 0 aromatic heterocycles. The van der Waals surface area contributed by atoms with Gasteiger partial charge < -0.3 is 19.9 Å². The van der Waals surface area contributed by atoms with E-state index in [9.17, 15) is 14.7 Å². The largest absolute Gasteiger partial charge is 0.493 e. The van der Waals surface area contributed by atoms with Gasteiger partial charge in [-0.1, -0.05) is 59.6 Å². The Morgan fingerprint density at radius 3 is 2.32 bits per heavy atom. The number of benzene rings is 3.